The Kier molecular flexibility index (Phi) is 4.23. The highest BCUT2D eigenvalue weighted by Gasteiger charge is 2.03. The fourth-order valence-corrected chi connectivity index (χ4v) is 1.66. The van der Waals surface area contributed by atoms with Crippen LogP contribution in [0.1, 0.15) is 22.3 Å². The molecule has 0 heterocycles. The Hall–Kier alpha value is -1.64. The topological polar surface area (TPSA) is 37.4 Å². The molecule has 16 heavy (non-hydrogen) atoms. The maximum absolute atomic E-state index is 10.4. The van der Waals surface area contributed by atoms with E-state index in [4.69, 9.17) is 0 Å². The fourth-order valence-electron chi connectivity index (χ4n) is 1.66. The lowest BCUT2D eigenvalue weighted by molar-refractivity contribution is -0.129. The molecule has 0 saturated heterocycles. The molecule has 0 aliphatic carbocycles. The zero-order valence-electron chi connectivity index (χ0n) is 9.99. The zero-order chi connectivity index (χ0) is 12.1. The maximum Gasteiger partial charge on any atom is 0.216 e. The Bertz CT molecular complexity index is 368. The second-order valence-electron chi connectivity index (χ2n) is 4.05. The van der Waals surface area contributed by atoms with E-state index in [1.54, 1.807) is 0 Å². The van der Waals surface area contributed by atoms with Crippen LogP contribution in [0.2, 0.25) is 0 Å². The van der Waals surface area contributed by atoms with E-state index in [0.29, 0.717) is 25.8 Å². The van der Waals surface area contributed by atoms with Gasteiger partial charge in [-0.15, -0.1) is 0 Å². The summed E-state index contributed by atoms with van der Waals surface area (Å²) in [4.78, 5) is 22.0. The minimum atomic E-state index is 0.439. The van der Waals surface area contributed by atoms with Crippen molar-refractivity contribution in [3.63, 3.8) is 0 Å². The smallest absolute Gasteiger partial charge is 0.216 e. The summed E-state index contributed by atoms with van der Waals surface area (Å²) in [5.74, 6) is 0. The van der Waals surface area contributed by atoms with E-state index in [0.717, 1.165) is 10.5 Å². The van der Waals surface area contributed by atoms with Crippen molar-refractivity contribution in [1.29, 1.82) is 0 Å². The summed E-state index contributed by atoms with van der Waals surface area (Å²) in [6, 6.07) is 4.21. The summed E-state index contributed by atoms with van der Waals surface area (Å²) in [5.41, 5.74) is 4.96. The number of carbonyl (C=O) groups is 2. The van der Waals surface area contributed by atoms with Crippen LogP contribution in [0.25, 0.3) is 0 Å². The molecular formula is C13H17NO2. The van der Waals surface area contributed by atoms with E-state index in [9.17, 15) is 9.59 Å². The summed E-state index contributed by atoms with van der Waals surface area (Å²) in [7, 11) is 0. The first-order valence-corrected chi connectivity index (χ1v) is 5.31. The highest BCUT2D eigenvalue weighted by molar-refractivity contribution is 5.68. The number of hydrogen-bond donors (Lipinski definition) is 0. The average Bonchev–Trinajstić information content (AvgIpc) is 2.27. The molecule has 0 radical (unpaired) electrons. The lowest BCUT2D eigenvalue weighted by Crippen LogP contribution is -2.22. The maximum atomic E-state index is 10.4. The van der Waals surface area contributed by atoms with Crippen LogP contribution in [0.5, 0.6) is 0 Å². The number of aryl methyl sites for hydroxylation is 2. The highest BCUT2D eigenvalue weighted by atomic mass is 16.2. The molecule has 1 rings (SSSR count). The van der Waals surface area contributed by atoms with Gasteiger partial charge in [-0.05, 0) is 49.4 Å². The first-order valence-electron chi connectivity index (χ1n) is 5.31. The van der Waals surface area contributed by atoms with Crippen LogP contribution in [0.4, 0.5) is 0 Å². The van der Waals surface area contributed by atoms with Gasteiger partial charge in [0.2, 0.25) is 12.8 Å². The summed E-state index contributed by atoms with van der Waals surface area (Å²) in [6.07, 6.45) is 1.82. The highest BCUT2D eigenvalue weighted by Crippen LogP contribution is 2.15. The van der Waals surface area contributed by atoms with Gasteiger partial charge in [0.15, 0.2) is 0 Å². The third-order valence-electron chi connectivity index (χ3n) is 2.92. The molecular weight excluding hydrogens is 202 g/mol. The summed E-state index contributed by atoms with van der Waals surface area (Å²) < 4.78 is 0. The third kappa shape index (κ3) is 2.92. The van der Waals surface area contributed by atoms with Crippen LogP contribution in [-0.2, 0) is 16.0 Å². The Morgan fingerprint density at radius 3 is 2.00 bits per heavy atom. The number of rotatable bonds is 5. The van der Waals surface area contributed by atoms with Crippen LogP contribution in [0.15, 0.2) is 12.1 Å². The largest absolute Gasteiger partial charge is 0.288 e. The normalized spacial score (nSPS) is 9.94. The van der Waals surface area contributed by atoms with Gasteiger partial charge in [0.25, 0.3) is 0 Å². The quantitative estimate of drug-likeness (QED) is 0.708. The van der Waals surface area contributed by atoms with Crippen molar-refractivity contribution in [2.75, 3.05) is 6.54 Å². The van der Waals surface area contributed by atoms with Crippen molar-refractivity contribution in [1.82, 2.24) is 4.90 Å². The Morgan fingerprint density at radius 1 is 1.06 bits per heavy atom. The molecule has 0 saturated carbocycles. The number of amides is 2. The van der Waals surface area contributed by atoms with Crippen LogP contribution >= 0.6 is 0 Å². The zero-order valence-corrected chi connectivity index (χ0v) is 9.99. The fraction of sp³-hybridized carbons (Fsp3) is 0.385. The van der Waals surface area contributed by atoms with Crippen molar-refractivity contribution >= 4 is 12.8 Å². The summed E-state index contributed by atoms with van der Waals surface area (Å²) >= 11 is 0. The van der Waals surface area contributed by atoms with Gasteiger partial charge in [0, 0.05) is 6.54 Å². The molecule has 0 atom stereocenters. The number of imide groups is 1. The third-order valence-corrected chi connectivity index (χ3v) is 2.92. The summed E-state index contributed by atoms with van der Waals surface area (Å²) in [5, 5.41) is 0. The minimum Gasteiger partial charge on any atom is -0.288 e. The monoisotopic (exact) mass is 219 g/mol. The Morgan fingerprint density at radius 2 is 1.56 bits per heavy atom. The van der Waals surface area contributed by atoms with Gasteiger partial charge in [-0.2, -0.15) is 0 Å². The molecule has 0 bridgehead atoms. The Labute approximate surface area is 96.1 Å². The van der Waals surface area contributed by atoms with E-state index in [-0.39, 0.29) is 0 Å². The van der Waals surface area contributed by atoms with Crippen molar-refractivity contribution < 1.29 is 9.59 Å². The van der Waals surface area contributed by atoms with Gasteiger partial charge >= 0.3 is 0 Å². The van der Waals surface area contributed by atoms with Crippen LogP contribution < -0.4 is 0 Å². The van der Waals surface area contributed by atoms with E-state index in [1.165, 1.54) is 16.7 Å². The number of hydrogen-bond acceptors (Lipinski definition) is 2. The number of carbonyl (C=O) groups excluding carboxylic acids is 2. The van der Waals surface area contributed by atoms with E-state index in [2.05, 4.69) is 32.9 Å². The Balaban J connectivity index is 2.75. The van der Waals surface area contributed by atoms with Gasteiger partial charge in [0.05, 0.1) is 0 Å². The molecule has 0 fully saturated rings. The summed E-state index contributed by atoms with van der Waals surface area (Å²) in [6.45, 7) is 6.68. The van der Waals surface area contributed by atoms with E-state index in [1.807, 2.05) is 0 Å². The first kappa shape index (κ1) is 12.4. The van der Waals surface area contributed by atoms with Crippen LogP contribution in [0.3, 0.4) is 0 Å². The SMILES string of the molecule is Cc1cc(CCN(C=O)C=O)cc(C)c1C. The first-order chi connectivity index (χ1) is 7.58. The predicted molar refractivity (Wildman–Crippen MR) is 63.2 cm³/mol. The molecule has 1 aromatic rings. The molecule has 0 aromatic heterocycles. The lowest BCUT2D eigenvalue weighted by atomic mass is 9.99. The molecule has 0 aliphatic heterocycles. The minimum absolute atomic E-state index is 0.439. The number of benzene rings is 1. The molecule has 0 spiro atoms. The van der Waals surface area contributed by atoms with Crippen LogP contribution in [0, 0.1) is 20.8 Å². The predicted octanol–water partition coefficient (Wildman–Crippen LogP) is 1.77. The average molecular weight is 219 g/mol. The van der Waals surface area contributed by atoms with Gasteiger partial charge in [-0.3, -0.25) is 14.5 Å². The van der Waals surface area contributed by atoms with Crippen molar-refractivity contribution in [2.45, 2.75) is 27.2 Å². The van der Waals surface area contributed by atoms with Crippen molar-refractivity contribution in [2.24, 2.45) is 0 Å². The second-order valence-corrected chi connectivity index (χ2v) is 4.05. The standard InChI is InChI=1S/C13H17NO2/c1-10-6-13(7-11(2)12(10)3)4-5-14(8-15)9-16/h6-9H,4-5H2,1-3H3. The molecule has 86 valence electrons. The van der Waals surface area contributed by atoms with Gasteiger partial charge in [0.1, 0.15) is 0 Å². The molecule has 3 heteroatoms. The van der Waals surface area contributed by atoms with Gasteiger partial charge in [-0.25, -0.2) is 0 Å². The molecule has 0 aliphatic rings. The van der Waals surface area contributed by atoms with Gasteiger partial charge < -0.3 is 0 Å². The second kappa shape index (κ2) is 5.45. The van der Waals surface area contributed by atoms with Gasteiger partial charge in [-0.1, -0.05) is 12.1 Å². The molecule has 0 unspecified atom stereocenters. The van der Waals surface area contributed by atoms with Crippen molar-refractivity contribution in [3.05, 3.63) is 34.4 Å². The van der Waals surface area contributed by atoms with Crippen molar-refractivity contribution in [3.8, 4) is 0 Å². The molecule has 2 amide bonds. The van der Waals surface area contributed by atoms with E-state index >= 15 is 0 Å². The lowest BCUT2D eigenvalue weighted by Gasteiger charge is -2.11. The van der Waals surface area contributed by atoms with E-state index < -0.39 is 0 Å². The van der Waals surface area contributed by atoms with Crippen LogP contribution in [-0.4, -0.2) is 24.3 Å². The molecule has 0 N–H and O–H groups in total. The molecule has 3 nitrogen and oxygen atoms in total. The number of nitrogens with zero attached hydrogens (tertiary/aromatic N) is 1. The molecule has 1 aromatic carbocycles.